The highest BCUT2D eigenvalue weighted by Gasteiger charge is 2.45. The second kappa shape index (κ2) is 13.4. The Morgan fingerprint density at radius 1 is 1.16 bits per heavy atom. The molecule has 4 heterocycles. The number of piperidine rings is 1. The van der Waals surface area contributed by atoms with Crippen molar-refractivity contribution in [2.45, 2.75) is 59.8 Å². The quantitative estimate of drug-likeness (QED) is 0.239. The van der Waals surface area contributed by atoms with Gasteiger partial charge in [-0.3, -0.25) is 0 Å². The Labute approximate surface area is 258 Å². The number of ether oxygens (including phenoxy) is 3. The molecule has 0 saturated carbocycles. The molecule has 3 atom stereocenters. The first kappa shape index (κ1) is 32.8. The number of hydrogen-bond donors (Lipinski definition) is 4. The third-order valence-electron chi connectivity index (χ3n) is 8.19. The van der Waals surface area contributed by atoms with E-state index in [-0.39, 0.29) is 35.6 Å². The third kappa shape index (κ3) is 7.45. The molecule has 1 aromatic heterocycles. The van der Waals surface area contributed by atoms with E-state index in [1.165, 1.54) is 22.6 Å². The van der Waals surface area contributed by atoms with Crippen molar-refractivity contribution >= 4 is 25.7 Å². The molecule has 5 rings (SSSR count). The van der Waals surface area contributed by atoms with Gasteiger partial charge in [0.25, 0.3) is 0 Å². The molecule has 0 unspecified atom stereocenters. The van der Waals surface area contributed by atoms with E-state index < -0.39 is 37.8 Å². The van der Waals surface area contributed by atoms with Gasteiger partial charge < -0.3 is 34.6 Å². The molecule has 2 aromatic rings. The van der Waals surface area contributed by atoms with E-state index >= 15 is 0 Å². The summed E-state index contributed by atoms with van der Waals surface area (Å²) in [6, 6.07) is 6.91. The lowest BCUT2D eigenvalue weighted by Gasteiger charge is -2.38. The largest absolute Gasteiger partial charge is 0.491 e. The van der Waals surface area contributed by atoms with Crippen molar-refractivity contribution < 1.29 is 41.3 Å². The van der Waals surface area contributed by atoms with E-state index in [1.807, 2.05) is 11.9 Å². The summed E-state index contributed by atoms with van der Waals surface area (Å²) in [5.41, 5.74) is 0.231. The van der Waals surface area contributed by atoms with Gasteiger partial charge in [-0.2, -0.15) is 4.31 Å². The molecule has 1 aromatic carbocycles. The first-order chi connectivity index (χ1) is 20.9. The predicted octanol–water partition coefficient (Wildman–Crippen LogP) is -0.0890. The maximum absolute atomic E-state index is 13.4. The molecule has 3 aliphatic rings. The minimum atomic E-state index is -3.82. The van der Waals surface area contributed by atoms with Crippen molar-refractivity contribution in [3.63, 3.8) is 0 Å². The summed E-state index contributed by atoms with van der Waals surface area (Å²) in [5, 5.41) is 23.0. The second-order valence-corrected chi connectivity index (χ2v) is 15.3. The Hall–Kier alpha value is -2.57. The number of hydrogen-bond acceptors (Lipinski definition) is 12. The number of nitrogens with one attached hydrogen (secondary N) is 2. The van der Waals surface area contributed by atoms with Crippen molar-refractivity contribution in [2.24, 2.45) is 0 Å². The predicted molar refractivity (Wildman–Crippen MR) is 161 cm³/mol. The van der Waals surface area contributed by atoms with Crippen LogP contribution in [0, 0.1) is 0 Å². The molecule has 4 N–H and O–H groups in total. The molecule has 2 fully saturated rings. The molecule has 0 radical (unpaired) electrons. The Bertz CT molecular complexity index is 1520. The minimum absolute atomic E-state index is 0.00304. The molecule has 3 aliphatic heterocycles. The standard InChI is InChI=1S/C28H41N5O9S2/c1-20(17-34)31-43(36,37)24-5-3-4-23(12-24)41-19-22(35)15-29-21-14-28(42-18-21)6-8-33(9-7-28)44(38,39)25-13-26-27(30-16-25)40-11-10-32(26)2/h3-5,12-13,16,20-22,29,31,34-35H,6-11,14-15,17-19H2,1-2H3/t20-,21+,22-/m0/s1. The van der Waals surface area contributed by atoms with Crippen LogP contribution in [0.4, 0.5) is 5.69 Å². The first-order valence-electron chi connectivity index (χ1n) is 14.7. The van der Waals surface area contributed by atoms with Crippen LogP contribution < -0.4 is 24.4 Å². The summed E-state index contributed by atoms with van der Waals surface area (Å²) in [6.45, 7) is 3.68. The van der Waals surface area contributed by atoms with E-state index in [0.717, 1.165) is 0 Å². The SMILES string of the molecule is C[C@@H](CO)NS(=O)(=O)c1cccc(OC[C@@H](O)CN[C@H]2COC3(CCN(S(=O)(=O)c4cnc5c(c4)N(C)CCO5)CC3)C2)c1. The lowest BCUT2D eigenvalue weighted by molar-refractivity contribution is -0.0312. The van der Waals surface area contributed by atoms with Gasteiger partial charge >= 0.3 is 0 Å². The average molecular weight is 656 g/mol. The molecule has 0 aliphatic carbocycles. The molecule has 16 heteroatoms. The highest BCUT2D eigenvalue weighted by molar-refractivity contribution is 7.89. The molecule has 244 valence electrons. The third-order valence-corrected chi connectivity index (χ3v) is 11.6. The van der Waals surface area contributed by atoms with Crippen LogP contribution in [0.5, 0.6) is 11.6 Å². The molecule has 1 spiro atoms. The molecule has 0 amide bonds. The van der Waals surface area contributed by atoms with Crippen LogP contribution in [0.3, 0.4) is 0 Å². The maximum Gasteiger partial charge on any atom is 0.244 e. The topological polar surface area (TPSA) is 180 Å². The van der Waals surface area contributed by atoms with Crippen LogP contribution in [0.15, 0.2) is 46.3 Å². The normalized spacial score (nSPS) is 21.9. The molecule has 2 saturated heterocycles. The van der Waals surface area contributed by atoms with E-state index in [2.05, 4.69) is 15.0 Å². The van der Waals surface area contributed by atoms with E-state index in [1.54, 1.807) is 25.1 Å². The van der Waals surface area contributed by atoms with Crippen LogP contribution in [-0.2, 0) is 24.8 Å². The zero-order valence-electron chi connectivity index (χ0n) is 24.9. The molecule has 44 heavy (non-hydrogen) atoms. The van der Waals surface area contributed by atoms with Gasteiger partial charge in [-0.1, -0.05) is 6.07 Å². The Morgan fingerprint density at radius 3 is 2.68 bits per heavy atom. The number of aliphatic hydroxyl groups is 2. The Morgan fingerprint density at radius 2 is 1.93 bits per heavy atom. The van der Waals surface area contributed by atoms with Gasteiger partial charge in [0.15, 0.2) is 0 Å². The fourth-order valence-electron chi connectivity index (χ4n) is 5.61. The van der Waals surface area contributed by atoms with Gasteiger partial charge in [-0.05, 0) is 44.4 Å². The van der Waals surface area contributed by atoms with Crippen LogP contribution in [0.1, 0.15) is 26.2 Å². The zero-order chi connectivity index (χ0) is 31.5. The maximum atomic E-state index is 13.4. The average Bonchev–Trinajstić information content (AvgIpc) is 3.41. The number of sulfonamides is 2. The summed E-state index contributed by atoms with van der Waals surface area (Å²) >= 11 is 0. The monoisotopic (exact) mass is 655 g/mol. The summed E-state index contributed by atoms with van der Waals surface area (Å²) in [5.74, 6) is 0.729. The fraction of sp³-hybridized carbons (Fsp3) is 0.607. The van der Waals surface area contributed by atoms with E-state index in [9.17, 15) is 21.9 Å². The minimum Gasteiger partial charge on any atom is -0.491 e. The highest BCUT2D eigenvalue weighted by atomic mass is 32.2. The number of nitrogens with zero attached hydrogens (tertiary/aromatic N) is 3. The lowest BCUT2D eigenvalue weighted by Crippen LogP contribution is -2.47. The number of rotatable bonds is 12. The molecular weight excluding hydrogens is 614 g/mol. The zero-order valence-corrected chi connectivity index (χ0v) is 26.5. The van der Waals surface area contributed by atoms with Gasteiger partial charge in [0.05, 0.1) is 36.5 Å². The summed E-state index contributed by atoms with van der Waals surface area (Å²) in [6.07, 6.45) is 2.30. The van der Waals surface area contributed by atoms with Crippen LogP contribution in [-0.4, -0.2) is 120 Å². The first-order valence-corrected chi connectivity index (χ1v) is 17.6. The van der Waals surface area contributed by atoms with E-state index in [4.69, 9.17) is 19.3 Å². The lowest BCUT2D eigenvalue weighted by atomic mass is 9.88. The van der Waals surface area contributed by atoms with Crippen molar-refractivity contribution in [3.05, 3.63) is 36.5 Å². The van der Waals surface area contributed by atoms with Crippen molar-refractivity contribution in [1.82, 2.24) is 19.3 Å². The number of aliphatic hydroxyl groups excluding tert-OH is 2. The fourth-order valence-corrected chi connectivity index (χ4v) is 8.29. The number of pyridine rings is 1. The van der Waals surface area contributed by atoms with Crippen LogP contribution in [0.25, 0.3) is 0 Å². The van der Waals surface area contributed by atoms with Gasteiger partial charge in [-0.15, -0.1) is 0 Å². The Balaban J connectivity index is 1.08. The number of fused-ring (bicyclic) bond motifs is 1. The van der Waals surface area contributed by atoms with Gasteiger partial charge in [-0.25, -0.2) is 26.5 Å². The van der Waals surface area contributed by atoms with Crippen molar-refractivity contribution in [3.8, 4) is 11.6 Å². The summed E-state index contributed by atoms with van der Waals surface area (Å²) in [4.78, 5) is 6.31. The summed E-state index contributed by atoms with van der Waals surface area (Å²) < 4.78 is 73.0. The highest BCUT2D eigenvalue weighted by Crippen LogP contribution is 2.38. The number of likely N-dealkylation sites (N-methyl/N-ethyl adjacent to an activating group) is 1. The number of benzene rings is 1. The smallest absolute Gasteiger partial charge is 0.244 e. The van der Waals surface area contributed by atoms with Crippen LogP contribution >= 0.6 is 0 Å². The Kier molecular flexibility index (Phi) is 10.0. The molecular formula is C28H41N5O9S2. The number of aromatic nitrogens is 1. The number of anilines is 1. The van der Waals surface area contributed by atoms with Gasteiger partial charge in [0.2, 0.25) is 25.9 Å². The van der Waals surface area contributed by atoms with Crippen molar-refractivity contribution in [2.75, 3.05) is 64.6 Å². The van der Waals surface area contributed by atoms with E-state index in [0.29, 0.717) is 69.4 Å². The van der Waals surface area contributed by atoms with Gasteiger partial charge in [0.1, 0.15) is 35.7 Å². The second-order valence-electron chi connectivity index (χ2n) is 11.6. The van der Waals surface area contributed by atoms with Gasteiger partial charge in [0, 0.05) is 44.8 Å². The van der Waals surface area contributed by atoms with Crippen LogP contribution in [0.2, 0.25) is 0 Å². The molecule has 0 bridgehead atoms. The van der Waals surface area contributed by atoms with Crippen molar-refractivity contribution in [1.29, 1.82) is 0 Å². The summed E-state index contributed by atoms with van der Waals surface area (Å²) in [7, 11) is -5.67. The molecule has 14 nitrogen and oxygen atoms in total.